The fourth-order valence-corrected chi connectivity index (χ4v) is 1.56. The molecule has 0 heterocycles. The molecule has 2 atom stereocenters. The third kappa shape index (κ3) is 4.01. The number of rotatable bonds is 5. The number of hydrogen-bond donors (Lipinski definition) is 3. The molecule has 0 aliphatic rings. The zero-order valence-electron chi connectivity index (χ0n) is 10.6. The van der Waals surface area contributed by atoms with E-state index in [4.69, 9.17) is 5.26 Å². The first kappa shape index (κ1) is 15.6. The van der Waals surface area contributed by atoms with Crippen LogP contribution < -0.4 is 5.32 Å². The summed E-state index contributed by atoms with van der Waals surface area (Å²) in [7, 11) is 0. The van der Waals surface area contributed by atoms with Crippen LogP contribution in [0.4, 0.5) is 5.69 Å². The first-order valence-electron chi connectivity index (χ1n) is 5.65. The summed E-state index contributed by atoms with van der Waals surface area (Å²) in [5, 5.41) is 41.4. The molecule has 8 heteroatoms. The van der Waals surface area contributed by atoms with Crippen LogP contribution in [-0.4, -0.2) is 33.7 Å². The smallest absolute Gasteiger partial charge is 0.271 e. The molecular formula is C12H13N3O5. The molecule has 0 radical (unpaired) electrons. The number of nitrogens with zero attached hydrogens (tertiary/aromatic N) is 2. The molecule has 1 aromatic rings. The first-order valence-corrected chi connectivity index (χ1v) is 5.65. The quantitative estimate of drug-likeness (QED) is 0.512. The molecule has 8 nitrogen and oxygen atoms in total. The van der Waals surface area contributed by atoms with E-state index in [1.165, 1.54) is 13.0 Å². The van der Waals surface area contributed by atoms with E-state index < -0.39 is 17.1 Å². The average molecular weight is 279 g/mol. The number of non-ortho nitro benzene ring substituents is 1. The minimum Gasteiger partial charge on any atom is -0.388 e. The molecule has 0 bridgehead atoms. The van der Waals surface area contributed by atoms with Crippen LogP contribution in [0.5, 0.6) is 0 Å². The van der Waals surface area contributed by atoms with E-state index in [9.17, 15) is 25.1 Å². The van der Waals surface area contributed by atoms with Gasteiger partial charge in [-0.1, -0.05) is 0 Å². The van der Waals surface area contributed by atoms with E-state index in [0.717, 1.165) is 12.1 Å². The molecule has 3 N–H and O–H groups in total. The molecule has 1 rings (SSSR count). The minimum absolute atomic E-state index is 0.0000212. The van der Waals surface area contributed by atoms with Crippen molar-refractivity contribution in [3.05, 3.63) is 39.4 Å². The van der Waals surface area contributed by atoms with Gasteiger partial charge >= 0.3 is 0 Å². The molecule has 2 unspecified atom stereocenters. The Hall–Kier alpha value is -2.50. The fraction of sp³-hybridized carbons (Fsp3) is 0.333. The van der Waals surface area contributed by atoms with Crippen molar-refractivity contribution in [1.29, 1.82) is 5.26 Å². The van der Waals surface area contributed by atoms with Crippen LogP contribution in [-0.2, 0) is 4.79 Å². The zero-order chi connectivity index (χ0) is 15.3. The summed E-state index contributed by atoms with van der Waals surface area (Å²) in [4.78, 5) is 20.7. The Morgan fingerprint density at radius 1 is 1.50 bits per heavy atom. The van der Waals surface area contributed by atoms with E-state index in [-0.39, 0.29) is 29.3 Å². The van der Waals surface area contributed by atoms with Crippen molar-refractivity contribution < 1.29 is 19.9 Å². The topological polar surface area (TPSA) is 136 Å². The molecule has 1 amide bonds. The van der Waals surface area contributed by atoms with Crippen LogP contribution in [0.1, 0.15) is 24.2 Å². The number of benzene rings is 1. The normalized spacial score (nSPS) is 13.1. The Bertz CT molecular complexity index is 567. The molecule has 0 aliphatic carbocycles. The van der Waals surface area contributed by atoms with Gasteiger partial charge in [0.25, 0.3) is 5.69 Å². The highest BCUT2D eigenvalue weighted by atomic mass is 16.6. The minimum atomic E-state index is -1.45. The van der Waals surface area contributed by atoms with Crippen molar-refractivity contribution in [1.82, 2.24) is 5.32 Å². The van der Waals surface area contributed by atoms with Crippen LogP contribution in [0.15, 0.2) is 18.2 Å². The van der Waals surface area contributed by atoms with Crippen LogP contribution >= 0.6 is 0 Å². The molecule has 0 aliphatic heterocycles. The maximum Gasteiger partial charge on any atom is 0.271 e. The number of nitro benzene ring substituents is 1. The lowest BCUT2D eigenvalue weighted by Crippen LogP contribution is -2.34. The second-order valence-corrected chi connectivity index (χ2v) is 4.13. The van der Waals surface area contributed by atoms with Crippen LogP contribution in [0.25, 0.3) is 0 Å². The van der Waals surface area contributed by atoms with Crippen molar-refractivity contribution in [3.8, 4) is 6.07 Å². The number of aliphatic hydroxyl groups excluding tert-OH is 2. The van der Waals surface area contributed by atoms with E-state index in [1.807, 2.05) is 0 Å². The molecular weight excluding hydrogens is 266 g/mol. The third-order valence-corrected chi connectivity index (χ3v) is 2.55. The number of nitriles is 1. The lowest BCUT2D eigenvalue weighted by Gasteiger charge is -2.18. The second kappa shape index (κ2) is 6.60. The van der Waals surface area contributed by atoms with Crippen molar-refractivity contribution in [3.63, 3.8) is 0 Å². The summed E-state index contributed by atoms with van der Waals surface area (Å²) in [6.07, 6.45) is -2.79. The second-order valence-electron chi connectivity index (χ2n) is 4.13. The molecule has 0 saturated heterocycles. The largest absolute Gasteiger partial charge is 0.388 e. The van der Waals surface area contributed by atoms with Gasteiger partial charge in [0.15, 0.2) is 0 Å². The number of nitrogens with one attached hydrogen (secondary N) is 1. The molecule has 0 spiro atoms. The van der Waals surface area contributed by atoms with Gasteiger partial charge in [-0.15, -0.1) is 0 Å². The Labute approximate surface area is 114 Å². The van der Waals surface area contributed by atoms with Gasteiger partial charge in [0.1, 0.15) is 12.2 Å². The van der Waals surface area contributed by atoms with Crippen LogP contribution in [0.2, 0.25) is 0 Å². The third-order valence-electron chi connectivity index (χ3n) is 2.55. The van der Waals surface area contributed by atoms with E-state index in [2.05, 4.69) is 5.32 Å². The lowest BCUT2D eigenvalue weighted by molar-refractivity contribution is -0.385. The predicted octanol–water partition coefficient (Wildman–Crippen LogP) is -0.00312. The van der Waals surface area contributed by atoms with Gasteiger partial charge in [-0.2, -0.15) is 5.26 Å². The molecule has 1 aromatic carbocycles. The summed E-state index contributed by atoms with van der Waals surface area (Å²) >= 11 is 0. The van der Waals surface area contributed by atoms with Gasteiger partial charge in [-0.05, 0) is 11.6 Å². The number of amides is 1. The number of aliphatic hydroxyl groups is 2. The Balaban J connectivity index is 3.00. The van der Waals surface area contributed by atoms with Gasteiger partial charge in [-0.3, -0.25) is 14.9 Å². The number of carbonyl (C=O) groups excluding carboxylic acids is 1. The summed E-state index contributed by atoms with van der Waals surface area (Å²) in [5.74, 6) is -0.381. The fourth-order valence-electron chi connectivity index (χ4n) is 1.56. The highest BCUT2D eigenvalue weighted by molar-refractivity contribution is 5.72. The Kier molecular flexibility index (Phi) is 5.14. The maximum atomic E-state index is 10.7. The monoisotopic (exact) mass is 279 g/mol. The van der Waals surface area contributed by atoms with Crippen molar-refractivity contribution in [2.45, 2.75) is 19.1 Å². The molecule has 20 heavy (non-hydrogen) atoms. The van der Waals surface area contributed by atoms with Crippen LogP contribution in [0, 0.1) is 21.4 Å². The van der Waals surface area contributed by atoms with Gasteiger partial charge in [0, 0.05) is 25.6 Å². The molecule has 106 valence electrons. The van der Waals surface area contributed by atoms with Crippen molar-refractivity contribution in [2.24, 2.45) is 0 Å². The molecule has 0 aromatic heterocycles. The predicted molar refractivity (Wildman–Crippen MR) is 67.5 cm³/mol. The van der Waals surface area contributed by atoms with Crippen molar-refractivity contribution in [2.75, 3.05) is 6.54 Å². The van der Waals surface area contributed by atoms with Gasteiger partial charge < -0.3 is 15.5 Å². The highest BCUT2D eigenvalue weighted by Crippen LogP contribution is 2.23. The van der Waals surface area contributed by atoms with E-state index >= 15 is 0 Å². The van der Waals surface area contributed by atoms with Gasteiger partial charge in [0.2, 0.25) is 5.91 Å². The number of nitro groups is 1. The summed E-state index contributed by atoms with van der Waals surface area (Å²) < 4.78 is 0. The van der Waals surface area contributed by atoms with Crippen LogP contribution in [0.3, 0.4) is 0 Å². The maximum absolute atomic E-state index is 10.7. The first-order chi connectivity index (χ1) is 9.35. The van der Waals surface area contributed by atoms with Gasteiger partial charge in [0.05, 0.1) is 16.6 Å². The summed E-state index contributed by atoms with van der Waals surface area (Å²) in [6, 6.07) is 5.12. The number of carbonyl (C=O) groups is 1. The lowest BCUT2D eigenvalue weighted by atomic mass is 10.0. The zero-order valence-corrected chi connectivity index (χ0v) is 10.6. The average Bonchev–Trinajstić information content (AvgIpc) is 2.43. The molecule has 0 fully saturated rings. The summed E-state index contributed by atoms with van der Waals surface area (Å²) in [5.41, 5.74) is -0.321. The van der Waals surface area contributed by atoms with Gasteiger partial charge in [-0.25, -0.2) is 0 Å². The Morgan fingerprint density at radius 3 is 2.65 bits per heavy atom. The SMILES string of the molecule is CC(=O)NCC(O)C(O)c1cc(C#N)cc([N+](=O)[O-])c1. The van der Waals surface area contributed by atoms with E-state index in [0.29, 0.717) is 0 Å². The highest BCUT2D eigenvalue weighted by Gasteiger charge is 2.21. The number of hydrogen-bond acceptors (Lipinski definition) is 6. The van der Waals surface area contributed by atoms with E-state index in [1.54, 1.807) is 6.07 Å². The summed E-state index contributed by atoms with van der Waals surface area (Å²) in [6.45, 7) is 1.04. The van der Waals surface area contributed by atoms with Crippen molar-refractivity contribution >= 4 is 11.6 Å². The standard InChI is InChI=1S/C12H13N3O5/c1-7(16)14-6-11(17)12(18)9-2-8(5-13)3-10(4-9)15(19)20/h2-4,11-12,17-18H,6H2,1H3,(H,14,16). The molecule has 0 saturated carbocycles. The Morgan fingerprint density at radius 2 is 2.15 bits per heavy atom.